The number of carbonyl (C=O) groups is 1. The highest BCUT2D eigenvalue weighted by Gasteiger charge is 2.09. The van der Waals surface area contributed by atoms with Gasteiger partial charge in [-0.3, -0.25) is 9.78 Å². The van der Waals surface area contributed by atoms with Gasteiger partial charge in [0.25, 0.3) is 5.91 Å². The molecule has 0 saturated heterocycles. The van der Waals surface area contributed by atoms with Crippen molar-refractivity contribution in [3.63, 3.8) is 0 Å². The minimum atomic E-state index is -0.336. The molecule has 1 aromatic carbocycles. The summed E-state index contributed by atoms with van der Waals surface area (Å²) < 4.78 is 12.9. The minimum Gasteiger partial charge on any atom is -0.348 e. The van der Waals surface area contributed by atoms with Crippen molar-refractivity contribution in [3.8, 4) is 0 Å². The Morgan fingerprint density at radius 1 is 1.39 bits per heavy atom. The van der Waals surface area contributed by atoms with E-state index in [1.54, 1.807) is 18.2 Å². The SMILES string of the molecule is O=C(NCc1cccc(F)c1)c1cnccc1Cl. The number of pyridine rings is 1. The number of benzene rings is 1. The monoisotopic (exact) mass is 264 g/mol. The molecule has 0 bridgehead atoms. The molecular formula is C13H10ClFN2O. The Kier molecular flexibility index (Phi) is 3.89. The van der Waals surface area contributed by atoms with Gasteiger partial charge in [0.2, 0.25) is 0 Å². The second kappa shape index (κ2) is 5.60. The molecule has 0 aliphatic rings. The Hall–Kier alpha value is -1.94. The van der Waals surface area contributed by atoms with Crippen LogP contribution in [0.4, 0.5) is 4.39 Å². The number of hydrogen-bond acceptors (Lipinski definition) is 2. The average molecular weight is 265 g/mol. The summed E-state index contributed by atoms with van der Waals surface area (Å²) in [6, 6.07) is 7.58. The molecule has 92 valence electrons. The molecule has 0 spiro atoms. The summed E-state index contributed by atoms with van der Waals surface area (Å²) in [6.07, 6.45) is 2.90. The number of carbonyl (C=O) groups excluding carboxylic acids is 1. The van der Waals surface area contributed by atoms with Gasteiger partial charge < -0.3 is 5.32 Å². The number of halogens is 2. The molecule has 0 unspecified atom stereocenters. The van der Waals surface area contributed by atoms with E-state index in [-0.39, 0.29) is 18.3 Å². The number of nitrogens with one attached hydrogen (secondary N) is 1. The van der Waals surface area contributed by atoms with E-state index in [1.165, 1.54) is 24.5 Å². The smallest absolute Gasteiger partial charge is 0.254 e. The highest BCUT2D eigenvalue weighted by Crippen LogP contribution is 2.13. The number of hydrogen-bond donors (Lipinski definition) is 1. The van der Waals surface area contributed by atoms with Crippen LogP contribution in [0.3, 0.4) is 0 Å². The number of aromatic nitrogens is 1. The van der Waals surface area contributed by atoms with Gasteiger partial charge in [0, 0.05) is 18.9 Å². The highest BCUT2D eigenvalue weighted by molar-refractivity contribution is 6.33. The first-order valence-electron chi connectivity index (χ1n) is 5.29. The maximum atomic E-state index is 12.9. The van der Waals surface area contributed by atoms with Crippen LogP contribution in [0.15, 0.2) is 42.7 Å². The first-order valence-corrected chi connectivity index (χ1v) is 5.67. The van der Waals surface area contributed by atoms with Crippen LogP contribution in [-0.2, 0) is 6.54 Å². The summed E-state index contributed by atoms with van der Waals surface area (Å²) in [7, 11) is 0. The summed E-state index contributed by atoms with van der Waals surface area (Å²) >= 11 is 5.87. The molecule has 0 fully saturated rings. The van der Waals surface area contributed by atoms with Crippen molar-refractivity contribution in [3.05, 3.63) is 64.7 Å². The molecule has 18 heavy (non-hydrogen) atoms. The van der Waals surface area contributed by atoms with Crippen molar-refractivity contribution in [2.75, 3.05) is 0 Å². The molecular weight excluding hydrogens is 255 g/mol. The van der Waals surface area contributed by atoms with Crippen LogP contribution in [0.25, 0.3) is 0 Å². The largest absolute Gasteiger partial charge is 0.348 e. The van der Waals surface area contributed by atoms with E-state index in [4.69, 9.17) is 11.6 Å². The van der Waals surface area contributed by atoms with Crippen molar-refractivity contribution in [1.29, 1.82) is 0 Å². The fourth-order valence-electron chi connectivity index (χ4n) is 1.47. The van der Waals surface area contributed by atoms with Gasteiger partial charge in [0.05, 0.1) is 10.6 Å². The summed E-state index contributed by atoms with van der Waals surface area (Å²) in [5, 5.41) is 2.99. The number of nitrogens with zero attached hydrogens (tertiary/aromatic N) is 1. The molecule has 0 saturated carbocycles. The van der Waals surface area contributed by atoms with Crippen LogP contribution < -0.4 is 5.32 Å². The maximum Gasteiger partial charge on any atom is 0.254 e. The third kappa shape index (κ3) is 3.05. The maximum absolute atomic E-state index is 12.9. The molecule has 3 nitrogen and oxygen atoms in total. The molecule has 2 rings (SSSR count). The second-order valence-corrected chi connectivity index (χ2v) is 4.08. The third-order valence-electron chi connectivity index (χ3n) is 2.35. The van der Waals surface area contributed by atoms with Gasteiger partial charge in [-0.25, -0.2) is 4.39 Å². The topological polar surface area (TPSA) is 42.0 Å². The first-order chi connectivity index (χ1) is 8.66. The van der Waals surface area contributed by atoms with Gasteiger partial charge in [0.15, 0.2) is 0 Å². The fraction of sp³-hybridized carbons (Fsp3) is 0.0769. The van der Waals surface area contributed by atoms with Crippen molar-refractivity contribution >= 4 is 17.5 Å². The van der Waals surface area contributed by atoms with Crippen LogP contribution >= 0.6 is 11.6 Å². The molecule has 5 heteroatoms. The van der Waals surface area contributed by atoms with E-state index in [9.17, 15) is 9.18 Å². The summed E-state index contributed by atoms with van der Waals surface area (Å²) in [6.45, 7) is 0.238. The van der Waals surface area contributed by atoms with Crippen molar-refractivity contribution in [1.82, 2.24) is 10.3 Å². The van der Waals surface area contributed by atoms with Crippen LogP contribution in [0.2, 0.25) is 5.02 Å². The Balaban J connectivity index is 2.03. The standard InChI is InChI=1S/C13H10ClFN2O/c14-12-4-5-16-8-11(12)13(18)17-7-9-2-1-3-10(15)6-9/h1-6,8H,7H2,(H,17,18). The molecule has 1 aromatic heterocycles. The minimum absolute atomic E-state index is 0.238. The third-order valence-corrected chi connectivity index (χ3v) is 2.68. The molecule has 2 aromatic rings. The van der Waals surface area contributed by atoms with E-state index >= 15 is 0 Å². The van der Waals surface area contributed by atoms with Crippen LogP contribution in [0, 0.1) is 5.82 Å². The van der Waals surface area contributed by atoms with Crippen molar-refractivity contribution in [2.24, 2.45) is 0 Å². The second-order valence-electron chi connectivity index (χ2n) is 3.67. The van der Waals surface area contributed by atoms with Gasteiger partial charge in [-0.2, -0.15) is 0 Å². The van der Waals surface area contributed by atoms with Gasteiger partial charge in [-0.05, 0) is 23.8 Å². The molecule has 0 aliphatic carbocycles. The zero-order valence-electron chi connectivity index (χ0n) is 9.36. The summed E-state index contributed by atoms with van der Waals surface area (Å²) in [5.74, 6) is -0.668. The van der Waals surface area contributed by atoms with E-state index < -0.39 is 0 Å². The predicted molar refractivity (Wildman–Crippen MR) is 66.8 cm³/mol. The Morgan fingerprint density at radius 3 is 2.94 bits per heavy atom. The van der Waals surface area contributed by atoms with Crippen LogP contribution in [0.5, 0.6) is 0 Å². The molecule has 1 N–H and O–H groups in total. The lowest BCUT2D eigenvalue weighted by Crippen LogP contribution is -2.23. The average Bonchev–Trinajstić information content (AvgIpc) is 2.37. The lowest BCUT2D eigenvalue weighted by Gasteiger charge is -2.06. The normalized spacial score (nSPS) is 10.1. The Labute approximate surface area is 109 Å². The summed E-state index contributed by atoms with van der Waals surface area (Å²) in [4.78, 5) is 15.6. The lowest BCUT2D eigenvalue weighted by atomic mass is 10.2. The zero-order valence-corrected chi connectivity index (χ0v) is 10.1. The highest BCUT2D eigenvalue weighted by atomic mass is 35.5. The molecule has 0 radical (unpaired) electrons. The quantitative estimate of drug-likeness (QED) is 0.926. The molecule has 1 heterocycles. The van der Waals surface area contributed by atoms with E-state index in [0.29, 0.717) is 16.1 Å². The van der Waals surface area contributed by atoms with E-state index in [2.05, 4.69) is 10.3 Å². The van der Waals surface area contributed by atoms with Crippen molar-refractivity contribution in [2.45, 2.75) is 6.54 Å². The van der Waals surface area contributed by atoms with Crippen LogP contribution in [0.1, 0.15) is 15.9 Å². The lowest BCUT2D eigenvalue weighted by molar-refractivity contribution is 0.0950. The Morgan fingerprint density at radius 2 is 2.22 bits per heavy atom. The number of amides is 1. The zero-order chi connectivity index (χ0) is 13.0. The van der Waals surface area contributed by atoms with Gasteiger partial charge in [-0.1, -0.05) is 23.7 Å². The van der Waals surface area contributed by atoms with E-state index in [0.717, 1.165) is 0 Å². The summed E-state index contributed by atoms with van der Waals surface area (Å²) in [5.41, 5.74) is 0.985. The van der Waals surface area contributed by atoms with Crippen molar-refractivity contribution < 1.29 is 9.18 Å². The predicted octanol–water partition coefficient (Wildman–Crippen LogP) is 2.80. The molecule has 0 aliphatic heterocycles. The van der Waals surface area contributed by atoms with Gasteiger partial charge in [0.1, 0.15) is 5.82 Å². The fourth-order valence-corrected chi connectivity index (χ4v) is 1.66. The van der Waals surface area contributed by atoms with E-state index in [1.807, 2.05) is 0 Å². The van der Waals surface area contributed by atoms with Crippen LogP contribution in [-0.4, -0.2) is 10.9 Å². The van der Waals surface area contributed by atoms with Gasteiger partial charge in [-0.15, -0.1) is 0 Å². The molecule has 0 atom stereocenters. The number of rotatable bonds is 3. The van der Waals surface area contributed by atoms with Gasteiger partial charge >= 0.3 is 0 Å². The first kappa shape index (κ1) is 12.5. The Bertz CT molecular complexity index is 574. The molecule has 1 amide bonds.